The average molecular weight is 238 g/mol. The third-order valence-electron chi connectivity index (χ3n) is 3.25. The number of carboxylic acid groups (broad SMARTS) is 1. The van der Waals surface area contributed by atoms with Crippen LogP contribution in [0.5, 0.6) is 0 Å². The fraction of sp³-hybridized carbons (Fsp3) is 0.545. The molecule has 2 N–H and O–H groups in total. The summed E-state index contributed by atoms with van der Waals surface area (Å²) in [6.45, 7) is 1.05. The number of carboxylic acids is 1. The topological polar surface area (TPSA) is 86.7 Å². The monoisotopic (exact) mass is 238 g/mol. The summed E-state index contributed by atoms with van der Waals surface area (Å²) in [5, 5.41) is 11.2. The fourth-order valence-electron chi connectivity index (χ4n) is 2.46. The Balaban J connectivity index is 2.08. The molecule has 92 valence electrons. The maximum atomic E-state index is 11.8. The molecule has 2 heterocycles. The smallest absolute Gasteiger partial charge is 0.328 e. The van der Waals surface area contributed by atoms with Crippen LogP contribution in [0.3, 0.4) is 0 Å². The van der Waals surface area contributed by atoms with Crippen molar-refractivity contribution in [3.63, 3.8) is 0 Å². The van der Waals surface area contributed by atoms with Gasteiger partial charge in [-0.1, -0.05) is 0 Å². The predicted molar refractivity (Wildman–Crippen MR) is 58.0 cm³/mol. The highest BCUT2D eigenvalue weighted by atomic mass is 16.4. The first-order chi connectivity index (χ1) is 8.09. The van der Waals surface area contributed by atoms with E-state index in [1.165, 1.54) is 0 Å². The number of amides is 2. The molecule has 0 aromatic carbocycles. The molecule has 0 bridgehead atoms. The van der Waals surface area contributed by atoms with E-state index in [9.17, 15) is 14.4 Å². The van der Waals surface area contributed by atoms with Gasteiger partial charge in [-0.25, -0.2) is 4.79 Å². The van der Waals surface area contributed by atoms with E-state index in [4.69, 9.17) is 5.11 Å². The highest BCUT2D eigenvalue weighted by Crippen LogP contribution is 2.27. The zero-order valence-electron chi connectivity index (χ0n) is 9.26. The minimum atomic E-state index is -1.15. The second-order valence-electron chi connectivity index (χ2n) is 4.26. The zero-order valence-corrected chi connectivity index (χ0v) is 9.26. The van der Waals surface area contributed by atoms with Crippen LogP contribution in [0.2, 0.25) is 0 Å². The first kappa shape index (κ1) is 11.6. The number of nitrogens with one attached hydrogen (secondary N) is 1. The summed E-state index contributed by atoms with van der Waals surface area (Å²) in [7, 11) is 0. The lowest BCUT2D eigenvalue weighted by Gasteiger charge is -2.35. The molecule has 6 heteroatoms. The molecule has 2 rings (SSSR count). The van der Waals surface area contributed by atoms with Crippen molar-refractivity contribution in [2.24, 2.45) is 5.92 Å². The predicted octanol–water partition coefficient (Wildman–Crippen LogP) is -0.636. The third kappa shape index (κ3) is 2.30. The Hall–Kier alpha value is -1.85. The third-order valence-corrected chi connectivity index (χ3v) is 3.25. The minimum absolute atomic E-state index is 0.00489. The van der Waals surface area contributed by atoms with Gasteiger partial charge in [-0.2, -0.15) is 0 Å². The molecule has 2 saturated heterocycles. The quantitative estimate of drug-likeness (QED) is 0.627. The van der Waals surface area contributed by atoms with Crippen LogP contribution in [0, 0.1) is 5.92 Å². The van der Waals surface area contributed by atoms with Crippen LogP contribution >= 0.6 is 0 Å². The maximum Gasteiger partial charge on any atom is 0.328 e. The van der Waals surface area contributed by atoms with E-state index < -0.39 is 5.97 Å². The molecule has 0 spiro atoms. The SMILES string of the molecule is O=C(O)/C=C/C(=O)N1CCCC2C(=O)NCC21. The molecular weight excluding hydrogens is 224 g/mol. The van der Waals surface area contributed by atoms with Crippen LogP contribution in [0.15, 0.2) is 12.2 Å². The number of rotatable bonds is 2. The number of carbonyl (C=O) groups is 3. The standard InChI is InChI=1S/C11H14N2O4/c14-9(3-4-10(15)16)13-5-1-2-7-8(13)6-12-11(7)17/h3-4,7-8H,1-2,5-6H2,(H,12,17)(H,15,16)/b4-3+. The average Bonchev–Trinajstić information content (AvgIpc) is 2.68. The number of aliphatic carboxylic acids is 1. The lowest BCUT2D eigenvalue weighted by molar-refractivity contribution is -0.134. The number of hydrogen-bond acceptors (Lipinski definition) is 3. The highest BCUT2D eigenvalue weighted by Gasteiger charge is 2.41. The van der Waals surface area contributed by atoms with Crippen LogP contribution in [0.4, 0.5) is 0 Å². The van der Waals surface area contributed by atoms with Gasteiger partial charge in [-0.05, 0) is 12.8 Å². The van der Waals surface area contributed by atoms with E-state index in [2.05, 4.69) is 5.32 Å². The first-order valence-electron chi connectivity index (χ1n) is 5.59. The summed E-state index contributed by atoms with van der Waals surface area (Å²) in [4.78, 5) is 35.2. The van der Waals surface area contributed by atoms with E-state index in [-0.39, 0.29) is 23.8 Å². The van der Waals surface area contributed by atoms with E-state index in [0.29, 0.717) is 13.1 Å². The fourth-order valence-corrected chi connectivity index (χ4v) is 2.46. The van der Waals surface area contributed by atoms with Crippen molar-refractivity contribution >= 4 is 17.8 Å². The Morgan fingerprint density at radius 1 is 1.41 bits per heavy atom. The second-order valence-corrected chi connectivity index (χ2v) is 4.26. The lowest BCUT2D eigenvalue weighted by Crippen LogP contribution is -2.48. The van der Waals surface area contributed by atoms with Crippen LogP contribution in [0.25, 0.3) is 0 Å². The molecule has 2 amide bonds. The minimum Gasteiger partial charge on any atom is -0.478 e. The lowest BCUT2D eigenvalue weighted by atomic mass is 9.91. The largest absolute Gasteiger partial charge is 0.478 e. The van der Waals surface area contributed by atoms with Crippen molar-refractivity contribution < 1.29 is 19.5 Å². The van der Waals surface area contributed by atoms with Gasteiger partial charge in [0.15, 0.2) is 0 Å². The van der Waals surface area contributed by atoms with Crippen molar-refractivity contribution in [2.45, 2.75) is 18.9 Å². The van der Waals surface area contributed by atoms with Crippen molar-refractivity contribution in [3.8, 4) is 0 Å². The van der Waals surface area contributed by atoms with Gasteiger partial charge in [-0.3, -0.25) is 9.59 Å². The van der Waals surface area contributed by atoms with Gasteiger partial charge in [0, 0.05) is 25.2 Å². The van der Waals surface area contributed by atoms with Crippen molar-refractivity contribution in [1.29, 1.82) is 0 Å². The molecule has 0 saturated carbocycles. The Morgan fingerprint density at radius 2 is 2.18 bits per heavy atom. The molecule has 2 unspecified atom stereocenters. The number of piperidine rings is 1. The highest BCUT2D eigenvalue weighted by molar-refractivity contribution is 5.95. The Labute approximate surface area is 98.3 Å². The van der Waals surface area contributed by atoms with Gasteiger partial charge < -0.3 is 15.3 Å². The zero-order chi connectivity index (χ0) is 12.4. The van der Waals surface area contributed by atoms with Gasteiger partial charge in [0.25, 0.3) is 0 Å². The van der Waals surface area contributed by atoms with E-state index in [0.717, 1.165) is 25.0 Å². The molecule has 2 fully saturated rings. The Kier molecular flexibility index (Phi) is 3.12. The molecule has 6 nitrogen and oxygen atoms in total. The van der Waals surface area contributed by atoms with Gasteiger partial charge >= 0.3 is 5.97 Å². The number of carbonyl (C=O) groups excluding carboxylic acids is 2. The summed E-state index contributed by atoms with van der Waals surface area (Å²) in [6, 6.07) is -0.123. The molecule has 0 aliphatic carbocycles. The second kappa shape index (κ2) is 4.57. The molecule has 2 atom stereocenters. The molecule has 2 aliphatic rings. The summed E-state index contributed by atoms with van der Waals surface area (Å²) < 4.78 is 0. The van der Waals surface area contributed by atoms with Crippen molar-refractivity contribution in [1.82, 2.24) is 10.2 Å². The van der Waals surface area contributed by atoms with Crippen LogP contribution in [-0.4, -0.2) is 46.9 Å². The van der Waals surface area contributed by atoms with Gasteiger partial charge in [0.05, 0.1) is 12.0 Å². The van der Waals surface area contributed by atoms with Crippen molar-refractivity contribution in [3.05, 3.63) is 12.2 Å². The Bertz CT molecular complexity index is 391. The molecule has 0 radical (unpaired) electrons. The molecular formula is C11H14N2O4. The van der Waals surface area contributed by atoms with E-state index in [1.54, 1.807) is 4.90 Å². The molecule has 0 aromatic rings. The van der Waals surface area contributed by atoms with E-state index >= 15 is 0 Å². The number of hydrogen-bond donors (Lipinski definition) is 2. The Morgan fingerprint density at radius 3 is 2.88 bits per heavy atom. The molecule has 2 aliphatic heterocycles. The summed E-state index contributed by atoms with van der Waals surface area (Å²) in [5.74, 6) is -1.62. The van der Waals surface area contributed by atoms with Gasteiger partial charge in [0.1, 0.15) is 0 Å². The van der Waals surface area contributed by atoms with Gasteiger partial charge in [-0.15, -0.1) is 0 Å². The van der Waals surface area contributed by atoms with Crippen molar-refractivity contribution in [2.75, 3.05) is 13.1 Å². The normalized spacial score (nSPS) is 28.0. The maximum absolute atomic E-state index is 11.8. The molecule has 17 heavy (non-hydrogen) atoms. The summed E-state index contributed by atoms with van der Waals surface area (Å²) in [5.41, 5.74) is 0. The first-order valence-corrected chi connectivity index (χ1v) is 5.59. The van der Waals surface area contributed by atoms with Crippen LogP contribution < -0.4 is 5.32 Å². The van der Waals surface area contributed by atoms with E-state index in [1.807, 2.05) is 0 Å². The number of fused-ring (bicyclic) bond motifs is 1. The van der Waals surface area contributed by atoms with Crippen LogP contribution in [-0.2, 0) is 14.4 Å². The molecule has 0 aromatic heterocycles. The number of likely N-dealkylation sites (tertiary alicyclic amines) is 1. The summed E-state index contributed by atoms with van der Waals surface area (Å²) in [6.07, 6.45) is 3.45. The number of nitrogens with zero attached hydrogens (tertiary/aromatic N) is 1. The van der Waals surface area contributed by atoms with Crippen LogP contribution in [0.1, 0.15) is 12.8 Å². The van der Waals surface area contributed by atoms with Gasteiger partial charge in [0.2, 0.25) is 11.8 Å². The summed E-state index contributed by atoms with van der Waals surface area (Å²) >= 11 is 0.